The number of rotatable bonds is 9. The van der Waals surface area contributed by atoms with Gasteiger partial charge in [-0.3, -0.25) is 0 Å². The summed E-state index contributed by atoms with van der Waals surface area (Å²) >= 11 is 5.87. The predicted molar refractivity (Wildman–Crippen MR) is 85.9 cm³/mol. The molecule has 1 unspecified atom stereocenters. The zero-order valence-corrected chi connectivity index (χ0v) is 13.6. The highest BCUT2D eigenvalue weighted by molar-refractivity contribution is 6.30. The van der Waals surface area contributed by atoms with Gasteiger partial charge in [-0.15, -0.1) is 0 Å². The molecule has 1 atom stereocenters. The van der Waals surface area contributed by atoms with Crippen molar-refractivity contribution in [1.82, 2.24) is 5.32 Å². The summed E-state index contributed by atoms with van der Waals surface area (Å²) in [5.41, 5.74) is 0.719. The largest absolute Gasteiger partial charge is 0.314 e. The van der Waals surface area contributed by atoms with E-state index in [-0.39, 0.29) is 10.8 Å². The minimum absolute atomic E-state index is 0.222. The Morgan fingerprint density at radius 1 is 1.20 bits per heavy atom. The Kier molecular flexibility index (Phi) is 8.16. The number of benzene rings is 1. The van der Waals surface area contributed by atoms with Crippen LogP contribution in [-0.2, 0) is 6.42 Å². The molecular weight excluding hydrogens is 273 g/mol. The summed E-state index contributed by atoms with van der Waals surface area (Å²) in [4.78, 5) is 0. The minimum Gasteiger partial charge on any atom is -0.314 e. The first-order chi connectivity index (χ1) is 9.62. The number of nitrogens with one attached hydrogen (secondary N) is 1. The first-order valence-corrected chi connectivity index (χ1v) is 8.16. The SMILES string of the molecule is CCCNC(Cc1cccc(Cl)c1F)CC(CC)CC. The van der Waals surface area contributed by atoms with Gasteiger partial charge in [0.15, 0.2) is 0 Å². The van der Waals surface area contributed by atoms with Crippen LogP contribution in [0.2, 0.25) is 5.02 Å². The zero-order chi connectivity index (χ0) is 15.0. The summed E-state index contributed by atoms with van der Waals surface area (Å²) in [6, 6.07) is 5.60. The van der Waals surface area contributed by atoms with Gasteiger partial charge in [0, 0.05) is 6.04 Å². The highest BCUT2D eigenvalue weighted by Crippen LogP contribution is 2.22. The molecule has 0 radical (unpaired) electrons. The molecular formula is C17H27ClFN. The molecule has 1 rings (SSSR count). The lowest BCUT2D eigenvalue weighted by Gasteiger charge is -2.23. The van der Waals surface area contributed by atoms with E-state index in [0.717, 1.165) is 24.9 Å². The molecule has 0 heterocycles. The standard InChI is InChI=1S/C17H27ClFN/c1-4-10-20-15(11-13(5-2)6-3)12-14-8-7-9-16(18)17(14)19/h7-9,13,15,20H,4-6,10-12H2,1-3H3. The molecule has 20 heavy (non-hydrogen) atoms. The lowest BCUT2D eigenvalue weighted by molar-refractivity contribution is 0.361. The third-order valence-corrected chi connectivity index (χ3v) is 4.25. The van der Waals surface area contributed by atoms with Crippen LogP contribution in [0.3, 0.4) is 0 Å². The van der Waals surface area contributed by atoms with Crippen LogP contribution in [0.5, 0.6) is 0 Å². The van der Waals surface area contributed by atoms with Gasteiger partial charge >= 0.3 is 0 Å². The summed E-state index contributed by atoms with van der Waals surface area (Å²) in [5, 5.41) is 3.78. The van der Waals surface area contributed by atoms with Crippen LogP contribution >= 0.6 is 11.6 Å². The Hall–Kier alpha value is -0.600. The van der Waals surface area contributed by atoms with Crippen LogP contribution in [0.25, 0.3) is 0 Å². The van der Waals surface area contributed by atoms with E-state index in [9.17, 15) is 4.39 Å². The van der Waals surface area contributed by atoms with E-state index in [1.165, 1.54) is 12.8 Å². The van der Waals surface area contributed by atoms with Crippen LogP contribution in [0.15, 0.2) is 18.2 Å². The average Bonchev–Trinajstić information content (AvgIpc) is 2.46. The molecule has 0 saturated heterocycles. The second-order valence-corrected chi connectivity index (χ2v) is 5.89. The molecule has 0 fully saturated rings. The molecule has 1 N–H and O–H groups in total. The first kappa shape index (κ1) is 17.5. The summed E-state index contributed by atoms with van der Waals surface area (Å²) in [6.07, 6.45) is 5.26. The molecule has 0 aliphatic rings. The Morgan fingerprint density at radius 2 is 1.90 bits per heavy atom. The predicted octanol–water partition coefficient (Wildman–Crippen LogP) is 5.22. The van der Waals surface area contributed by atoms with Gasteiger partial charge in [-0.2, -0.15) is 0 Å². The Labute approximate surface area is 127 Å². The van der Waals surface area contributed by atoms with E-state index in [1.807, 2.05) is 12.1 Å². The lowest BCUT2D eigenvalue weighted by Crippen LogP contribution is -2.34. The Balaban J connectivity index is 2.75. The van der Waals surface area contributed by atoms with Crippen molar-refractivity contribution < 1.29 is 4.39 Å². The van der Waals surface area contributed by atoms with E-state index in [0.29, 0.717) is 18.4 Å². The zero-order valence-electron chi connectivity index (χ0n) is 12.9. The number of halogens is 2. The number of hydrogen-bond donors (Lipinski definition) is 1. The van der Waals surface area contributed by atoms with Crippen molar-refractivity contribution >= 4 is 11.6 Å². The van der Waals surface area contributed by atoms with Crippen molar-refractivity contribution in [2.75, 3.05) is 6.54 Å². The van der Waals surface area contributed by atoms with E-state index < -0.39 is 0 Å². The van der Waals surface area contributed by atoms with Gasteiger partial charge < -0.3 is 5.32 Å². The van der Waals surface area contributed by atoms with Gasteiger partial charge in [-0.05, 0) is 43.4 Å². The van der Waals surface area contributed by atoms with Crippen molar-refractivity contribution in [3.8, 4) is 0 Å². The Morgan fingerprint density at radius 3 is 2.50 bits per heavy atom. The van der Waals surface area contributed by atoms with Gasteiger partial charge in [-0.1, -0.05) is 57.3 Å². The van der Waals surface area contributed by atoms with Gasteiger partial charge in [-0.25, -0.2) is 4.39 Å². The van der Waals surface area contributed by atoms with Gasteiger partial charge in [0.1, 0.15) is 5.82 Å². The van der Waals surface area contributed by atoms with Crippen LogP contribution < -0.4 is 5.32 Å². The van der Waals surface area contributed by atoms with Gasteiger partial charge in [0.25, 0.3) is 0 Å². The maximum atomic E-state index is 14.0. The quantitative estimate of drug-likeness (QED) is 0.659. The molecule has 0 amide bonds. The molecule has 0 aromatic heterocycles. The lowest BCUT2D eigenvalue weighted by atomic mass is 9.91. The van der Waals surface area contributed by atoms with Crippen LogP contribution in [0.4, 0.5) is 4.39 Å². The average molecular weight is 300 g/mol. The fourth-order valence-electron chi connectivity index (χ4n) is 2.58. The molecule has 1 nitrogen and oxygen atoms in total. The van der Waals surface area contributed by atoms with Crippen molar-refractivity contribution in [3.05, 3.63) is 34.6 Å². The normalized spacial score (nSPS) is 12.9. The van der Waals surface area contributed by atoms with Crippen molar-refractivity contribution in [2.45, 2.75) is 58.9 Å². The van der Waals surface area contributed by atoms with E-state index in [4.69, 9.17) is 11.6 Å². The highest BCUT2D eigenvalue weighted by Gasteiger charge is 2.16. The fraction of sp³-hybridized carbons (Fsp3) is 0.647. The summed E-state index contributed by atoms with van der Waals surface area (Å²) < 4.78 is 14.0. The topological polar surface area (TPSA) is 12.0 Å². The maximum Gasteiger partial charge on any atom is 0.145 e. The van der Waals surface area contributed by atoms with Crippen molar-refractivity contribution in [3.63, 3.8) is 0 Å². The number of hydrogen-bond acceptors (Lipinski definition) is 1. The molecule has 0 aliphatic heterocycles. The molecule has 1 aromatic rings. The third kappa shape index (κ3) is 5.41. The molecule has 0 aliphatic carbocycles. The second-order valence-electron chi connectivity index (χ2n) is 5.49. The summed E-state index contributed by atoms with van der Waals surface area (Å²) in [7, 11) is 0. The summed E-state index contributed by atoms with van der Waals surface area (Å²) in [6.45, 7) is 7.59. The van der Waals surface area contributed by atoms with Crippen LogP contribution in [0, 0.1) is 11.7 Å². The van der Waals surface area contributed by atoms with Gasteiger partial charge in [0.2, 0.25) is 0 Å². The fourth-order valence-corrected chi connectivity index (χ4v) is 2.78. The highest BCUT2D eigenvalue weighted by atomic mass is 35.5. The molecule has 1 aromatic carbocycles. The molecule has 0 bridgehead atoms. The molecule has 0 spiro atoms. The van der Waals surface area contributed by atoms with E-state index in [1.54, 1.807) is 6.07 Å². The second kappa shape index (κ2) is 9.36. The molecule has 114 valence electrons. The van der Waals surface area contributed by atoms with Crippen molar-refractivity contribution in [2.24, 2.45) is 5.92 Å². The molecule has 3 heteroatoms. The van der Waals surface area contributed by atoms with Crippen LogP contribution in [0.1, 0.15) is 52.0 Å². The monoisotopic (exact) mass is 299 g/mol. The molecule has 0 saturated carbocycles. The smallest absolute Gasteiger partial charge is 0.145 e. The van der Waals surface area contributed by atoms with Crippen LogP contribution in [-0.4, -0.2) is 12.6 Å². The Bertz CT molecular complexity index is 391. The first-order valence-electron chi connectivity index (χ1n) is 7.78. The van der Waals surface area contributed by atoms with Crippen molar-refractivity contribution in [1.29, 1.82) is 0 Å². The minimum atomic E-state index is -0.262. The summed E-state index contributed by atoms with van der Waals surface area (Å²) in [5.74, 6) is 0.439. The maximum absolute atomic E-state index is 14.0. The van der Waals surface area contributed by atoms with E-state index in [2.05, 4.69) is 26.1 Å². The third-order valence-electron chi connectivity index (χ3n) is 3.95. The van der Waals surface area contributed by atoms with E-state index >= 15 is 0 Å². The van der Waals surface area contributed by atoms with Gasteiger partial charge in [0.05, 0.1) is 5.02 Å².